The Morgan fingerprint density at radius 1 is 0.543 bits per heavy atom. The van der Waals surface area contributed by atoms with Crippen molar-refractivity contribution in [3.05, 3.63) is 151 Å². The lowest BCUT2D eigenvalue weighted by Gasteiger charge is -2.10. The minimum atomic E-state index is 0.546. The van der Waals surface area contributed by atoms with Gasteiger partial charge >= 0.3 is 0 Å². The van der Waals surface area contributed by atoms with Crippen molar-refractivity contribution in [2.75, 3.05) is 0 Å². The number of furan rings is 1. The van der Waals surface area contributed by atoms with Gasteiger partial charge in [0.05, 0.1) is 22.7 Å². The molecule has 0 spiro atoms. The minimum absolute atomic E-state index is 0.546. The third-order valence-corrected chi connectivity index (χ3v) is 8.63. The summed E-state index contributed by atoms with van der Waals surface area (Å²) in [5.41, 5.74) is 10.7. The van der Waals surface area contributed by atoms with E-state index in [2.05, 4.69) is 95.6 Å². The average Bonchev–Trinajstić information content (AvgIpc) is 3.67. The van der Waals surface area contributed by atoms with Crippen LogP contribution < -0.4 is 0 Å². The van der Waals surface area contributed by atoms with Crippen LogP contribution in [0.3, 0.4) is 0 Å². The molecule has 5 heteroatoms. The molecule has 0 aliphatic carbocycles. The number of para-hydroxylation sites is 2. The summed E-state index contributed by atoms with van der Waals surface area (Å²) in [4.78, 5) is 10.0. The second-order valence-electron chi connectivity index (χ2n) is 11.4. The van der Waals surface area contributed by atoms with E-state index < -0.39 is 0 Å². The lowest BCUT2D eigenvalue weighted by atomic mass is 10.0. The van der Waals surface area contributed by atoms with Crippen LogP contribution in [0.2, 0.25) is 0 Å². The molecule has 46 heavy (non-hydrogen) atoms. The Hall–Kier alpha value is -6.51. The van der Waals surface area contributed by atoms with Gasteiger partial charge in [-0.25, -0.2) is 9.97 Å². The van der Waals surface area contributed by atoms with Crippen LogP contribution in [0.15, 0.2) is 150 Å². The molecule has 214 valence electrons. The second-order valence-corrected chi connectivity index (χ2v) is 11.4. The predicted molar refractivity (Wildman–Crippen MR) is 185 cm³/mol. The Bertz CT molecular complexity index is 2610. The molecule has 0 amide bonds. The fraction of sp³-hybridized carbons (Fsp3) is 0. The molecule has 5 nitrogen and oxygen atoms in total. The number of hydrogen-bond acceptors (Lipinski definition) is 4. The molecule has 3 heterocycles. The first-order valence-corrected chi connectivity index (χ1v) is 15.1. The van der Waals surface area contributed by atoms with Gasteiger partial charge in [0.25, 0.3) is 0 Å². The molecule has 3 aromatic heterocycles. The molecule has 0 bridgehead atoms. The maximum atomic E-state index is 9.54. The SMILES string of the molecule is N#Cc1cccc(-c2nc(-c3ccccc3)c3oc4ccc(-c5cccc(-n6c7ccccc7c7ccccc76)c5)cc4c3n2)c1. The number of nitrogens with zero attached hydrogens (tertiary/aromatic N) is 4. The molecule has 0 aliphatic heterocycles. The van der Waals surface area contributed by atoms with Gasteiger partial charge in [0, 0.05) is 33.0 Å². The second kappa shape index (κ2) is 10.3. The number of fused-ring (bicyclic) bond motifs is 6. The Balaban J connectivity index is 1.24. The third-order valence-electron chi connectivity index (χ3n) is 8.63. The van der Waals surface area contributed by atoms with E-state index in [1.165, 1.54) is 21.8 Å². The maximum Gasteiger partial charge on any atom is 0.180 e. The molecule has 9 rings (SSSR count). The van der Waals surface area contributed by atoms with Crippen molar-refractivity contribution in [2.24, 2.45) is 0 Å². The van der Waals surface area contributed by atoms with Gasteiger partial charge in [-0.05, 0) is 59.7 Å². The molecule has 6 aromatic carbocycles. The first-order chi connectivity index (χ1) is 22.7. The van der Waals surface area contributed by atoms with E-state index >= 15 is 0 Å². The topological polar surface area (TPSA) is 67.6 Å². The Morgan fingerprint density at radius 3 is 2.00 bits per heavy atom. The highest BCUT2D eigenvalue weighted by Crippen LogP contribution is 2.38. The van der Waals surface area contributed by atoms with Gasteiger partial charge in [0.15, 0.2) is 11.4 Å². The van der Waals surface area contributed by atoms with Crippen LogP contribution in [0.1, 0.15) is 5.56 Å². The molecule has 0 unspecified atom stereocenters. The van der Waals surface area contributed by atoms with Crippen molar-refractivity contribution < 1.29 is 4.42 Å². The van der Waals surface area contributed by atoms with E-state index in [9.17, 15) is 5.26 Å². The van der Waals surface area contributed by atoms with Crippen molar-refractivity contribution >= 4 is 43.9 Å². The van der Waals surface area contributed by atoms with Crippen LogP contribution in [0.5, 0.6) is 0 Å². The zero-order valence-corrected chi connectivity index (χ0v) is 24.6. The molecular weight excluding hydrogens is 564 g/mol. The molecule has 0 radical (unpaired) electrons. The highest BCUT2D eigenvalue weighted by Gasteiger charge is 2.19. The molecule has 0 fully saturated rings. The van der Waals surface area contributed by atoms with Crippen LogP contribution >= 0.6 is 0 Å². The van der Waals surface area contributed by atoms with E-state index in [1.807, 2.05) is 54.6 Å². The summed E-state index contributed by atoms with van der Waals surface area (Å²) in [6, 6.07) is 51.7. The molecule has 0 saturated carbocycles. The van der Waals surface area contributed by atoms with Crippen molar-refractivity contribution in [3.63, 3.8) is 0 Å². The van der Waals surface area contributed by atoms with Crippen LogP contribution in [0.4, 0.5) is 0 Å². The van der Waals surface area contributed by atoms with Gasteiger partial charge in [0.1, 0.15) is 16.8 Å². The fourth-order valence-electron chi connectivity index (χ4n) is 6.50. The Kier molecular flexibility index (Phi) is 5.81. The zero-order valence-electron chi connectivity index (χ0n) is 24.6. The lowest BCUT2D eigenvalue weighted by Crippen LogP contribution is -1.94. The summed E-state index contributed by atoms with van der Waals surface area (Å²) in [5.74, 6) is 0.546. The molecule has 0 atom stereocenters. The van der Waals surface area contributed by atoms with E-state index in [0.29, 0.717) is 22.7 Å². The summed E-state index contributed by atoms with van der Waals surface area (Å²) >= 11 is 0. The number of benzene rings is 6. The third kappa shape index (κ3) is 4.09. The molecule has 9 aromatic rings. The first-order valence-electron chi connectivity index (χ1n) is 15.1. The van der Waals surface area contributed by atoms with Crippen LogP contribution in [0.25, 0.3) is 83.3 Å². The lowest BCUT2D eigenvalue weighted by molar-refractivity contribution is 0.667. The molecular formula is C41H24N4O. The number of hydrogen-bond donors (Lipinski definition) is 0. The number of aromatic nitrogens is 3. The fourth-order valence-corrected chi connectivity index (χ4v) is 6.50. The summed E-state index contributed by atoms with van der Waals surface area (Å²) in [5, 5.41) is 12.9. The maximum absolute atomic E-state index is 9.54. The van der Waals surface area contributed by atoms with Crippen molar-refractivity contribution in [3.8, 4) is 45.5 Å². The van der Waals surface area contributed by atoms with Gasteiger partial charge in [-0.1, -0.05) is 97.1 Å². The van der Waals surface area contributed by atoms with E-state index in [1.54, 1.807) is 6.07 Å². The van der Waals surface area contributed by atoms with Gasteiger partial charge in [0.2, 0.25) is 0 Å². The molecule has 0 N–H and O–H groups in total. The normalized spacial score (nSPS) is 11.5. The predicted octanol–water partition coefficient (Wildman–Crippen LogP) is 10.3. The van der Waals surface area contributed by atoms with Gasteiger partial charge in [-0.3, -0.25) is 0 Å². The number of rotatable bonds is 4. The summed E-state index contributed by atoms with van der Waals surface area (Å²) < 4.78 is 8.80. The largest absolute Gasteiger partial charge is 0.452 e. The van der Waals surface area contributed by atoms with Crippen molar-refractivity contribution in [1.29, 1.82) is 5.26 Å². The molecule has 0 saturated heterocycles. The summed E-state index contributed by atoms with van der Waals surface area (Å²) in [6.45, 7) is 0. The molecule has 0 aliphatic rings. The standard InChI is InChI=1S/C41H24N4O/c42-25-26-10-8-14-30(22-26)41-43-38(27-11-2-1-3-12-27)40-39(44-41)34-24-29(20-21-37(34)46-40)28-13-9-15-31(23-28)45-35-18-6-4-16-32(35)33-17-5-7-19-36(33)45/h1-24H. The average molecular weight is 589 g/mol. The minimum Gasteiger partial charge on any atom is -0.452 e. The highest BCUT2D eigenvalue weighted by atomic mass is 16.3. The quantitative estimate of drug-likeness (QED) is 0.205. The Labute approximate surface area is 264 Å². The summed E-state index contributed by atoms with van der Waals surface area (Å²) in [6.07, 6.45) is 0. The summed E-state index contributed by atoms with van der Waals surface area (Å²) in [7, 11) is 0. The van der Waals surface area contributed by atoms with Crippen LogP contribution in [0, 0.1) is 11.3 Å². The van der Waals surface area contributed by atoms with Crippen LogP contribution in [-0.2, 0) is 0 Å². The van der Waals surface area contributed by atoms with Crippen LogP contribution in [-0.4, -0.2) is 14.5 Å². The number of nitriles is 1. The van der Waals surface area contributed by atoms with Gasteiger partial charge in [-0.2, -0.15) is 5.26 Å². The highest BCUT2D eigenvalue weighted by molar-refractivity contribution is 6.10. The van der Waals surface area contributed by atoms with Gasteiger partial charge in [-0.15, -0.1) is 0 Å². The monoisotopic (exact) mass is 588 g/mol. The van der Waals surface area contributed by atoms with E-state index in [-0.39, 0.29) is 0 Å². The van der Waals surface area contributed by atoms with E-state index in [4.69, 9.17) is 14.4 Å². The Morgan fingerprint density at radius 2 is 1.22 bits per heavy atom. The zero-order chi connectivity index (χ0) is 30.6. The van der Waals surface area contributed by atoms with Gasteiger partial charge < -0.3 is 8.98 Å². The van der Waals surface area contributed by atoms with Crippen molar-refractivity contribution in [1.82, 2.24) is 14.5 Å². The van der Waals surface area contributed by atoms with E-state index in [0.717, 1.165) is 44.4 Å². The first kappa shape index (κ1) is 25.9. The van der Waals surface area contributed by atoms with Crippen molar-refractivity contribution in [2.45, 2.75) is 0 Å². The smallest absolute Gasteiger partial charge is 0.180 e.